The Morgan fingerprint density at radius 2 is 2.22 bits per heavy atom. The molecule has 122 valence electrons. The van der Waals surface area contributed by atoms with Gasteiger partial charge < -0.3 is 19.7 Å². The van der Waals surface area contributed by atoms with E-state index in [1.807, 2.05) is 24.4 Å². The lowest BCUT2D eigenvalue weighted by Gasteiger charge is -2.35. The number of ether oxygens (including phenoxy) is 1. The largest absolute Gasteiger partial charge is 0.481 e. The van der Waals surface area contributed by atoms with Gasteiger partial charge in [0.25, 0.3) is 0 Å². The summed E-state index contributed by atoms with van der Waals surface area (Å²) >= 11 is 0. The van der Waals surface area contributed by atoms with Crippen molar-refractivity contribution in [2.24, 2.45) is 0 Å². The number of hydrogen-bond donors (Lipinski definition) is 2. The number of nitrogens with zero attached hydrogens (tertiary/aromatic N) is 1. The van der Waals surface area contributed by atoms with Gasteiger partial charge in [0.2, 0.25) is 5.91 Å². The molecule has 1 atom stereocenters. The first-order chi connectivity index (χ1) is 11.1. The van der Waals surface area contributed by atoms with Gasteiger partial charge >= 0.3 is 5.97 Å². The van der Waals surface area contributed by atoms with E-state index in [1.54, 1.807) is 4.90 Å². The molecule has 1 aliphatic heterocycles. The van der Waals surface area contributed by atoms with Crippen molar-refractivity contribution in [3.63, 3.8) is 0 Å². The Labute approximate surface area is 134 Å². The zero-order valence-corrected chi connectivity index (χ0v) is 12.8. The van der Waals surface area contributed by atoms with E-state index in [0.717, 1.165) is 16.5 Å². The van der Waals surface area contributed by atoms with Crippen molar-refractivity contribution < 1.29 is 19.4 Å². The second kappa shape index (κ2) is 6.83. The normalized spacial score (nSPS) is 18.3. The van der Waals surface area contributed by atoms with E-state index < -0.39 is 5.97 Å². The van der Waals surface area contributed by atoms with Crippen LogP contribution in [0.3, 0.4) is 0 Å². The van der Waals surface area contributed by atoms with E-state index in [4.69, 9.17) is 9.84 Å². The molecule has 0 aliphatic carbocycles. The number of carboxylic acid groups (broad SMARTS) is 1. The molecule has 6 heteroatoms. The summed E-state index contributed by atoms with van der Waals surface area (Å²) in [5.74, 6) is -0.912. The molecule has 1 aromatic carbocycles. The lowest BCUT2D eigenvalue weighted by atomic mass is 10.1. The highest BCUT2D eigenvalue weighted by Gasteiger charge is 2.28. The second-order valence-electron chi connectivity index (χ2n) is 5.81. The van der Waals surface area contributed by atoms with Crippen LogP contribution in [-0.2, 0) is 20.7 Å². The van der Waals surface area contributed by atoms with Crippen molar-refractivity contribution in [2.75, 3.05) is 19.8 Å². The molecule has 1 aliphatic rings. The summed E-state index contributed by atoms with van der Waals surface area (Å²) in [5.41, 5.74) is 2.18. The van der Waals surface area contributed by atoms with E-state index in [9.17, 15) is 9.59 Å². The van der Waals surface area contributed by atoms with Crippen LogP contribution in [0.2, 0.25) is 0 Å². The first-order valence-electron chi connectivity index (χ1n) is 7.78. The van der Waals surface area contributed by atoms with Gasteiger partial charge in [-0.1, -0.05) is 6.07 Å². The SMILES string of the molecule is O=C(O)C[C@H]1COCCN1C(=O)CCc1ccc2[nH]ccc2c1. The number of rotatable bonds is 5. The van der Waals surface area contributed by atoms with Crippen LogP contribution in [0.25, 0.3) is 10.9 Å². The van der Waals surface area contributed by atoms with Crippen LogP contribution in [0.4, 0.5) is 0 Å². The Morgan fingerprint density at radius 1 is 1.35 bits per heavy atom. The molecular formula is C17H20N2O4. The van der Waals surface area contributed by atoms with E-state index in [0.29, 0.717) is 32.6 Å². The molecule has 0 saturated carbocycles. The Kier molecular flexibility index (Phi) is 4.62. The van der Waals surface area contributed by atoms with Crippen molar-refractivity contribution in [1.82, 2.24) is 9.88 Å². The van der Waals surface area contributed by atoms with E-state index in [-0.39, 0.29) is 18.4 Å². The molecule has 3 rings (SSSR count). The Morgan fingerprint density at radius 3 is 3.04 bits per heavy atom. The number of carbonyl (C=O) groups excluding carboxylic acids is 1. The van der Waals surface area contributed by atoms with Crippen molar-refractivity contribution in [2.45, 2.75) is 25.3 Å². The number of carbonyl (C=O) groups is 2. The number of H-pyrrole nitrogens is 1. The number of benzene rings is 1. The molecule has 6 nitrogen and oxygen atoms in total. The monoisotopic (exact) mass is 316 g/mol. The second-order valence-corrected chi connectivity index (χ2v) is 5.81. The smallest absolute Gasteiger partial charge is 0.305 e. The highest BCUT2D eigenvalue weighted by atomic mass is 16.5. The lowest BCUT2D eigenvalue weighted by molar-refractivity contribution is -0.146. The summed E-state index contributed by atoms with van der Waals surface area (Å²) < 4.78 is 5.30. The number of aliphatic carboxylic acids is 1. The van der Waals surface area contributed by atoms with Crippen LogP contribution in [0.5, 0.6) is 0 Å². The molecule has 2 heterocycles. The Bertz CT molecular complexity index is 709. The quantitative estimate of drug-likeness (QED) is 0.881. The zero-order valence-electron chi connectivity index (χ0n) is 12.8. The molecule has 0 radical (unpaired) electrons. The van der Waals surface area contributed by atoms with Crippen molar-refractivity contribution in [1.29, 1.82) is 0 Å². The minimum atomic E-state index is -0.906. The van der Waals surface area contributed by atoms with Crippen LogP contribution in [-0.4, -0.2) is 52.7 Å². The van der Waals surface area contributed by atoms with Gasteiger partial charge in [0.1, 0.15) is 0 Å². The molecule has 1 amide bonds. The van der Waals surface area contributed by atoms with Gasteiger partial charge in [-0.25, -0.2) is 0 Å². The molecule has 0 bridgehead atoms. The van der Waals surface area contributed by atoms with Crippen molar-refractivity contribution in [3.05, 3.63) is 36.0 Å². The number of aromatic amines is 1. The summed E-state index contributed by atoms with van der Waals surface area (Å²) in [7, 11) is 0. The zero-order chi connectivity index (χ0) is 16.2. The topological polar surface area (TPSA) is 82.6 Å². The molecule has 1 saturated heterocycles. The summed E-state index contributed by atoms with van der Waals surface area (Å²) in [6.07, 6.45) is 2.86. The van der Waals surface area contributed by atoms with Crippen molar-refractivity contribution >= 4 is 22.8 Å². The standard InChI is InChI=1S/C17H20N2O4/c20-16(19-7-8-23-11-14(19)10-17(21)22)4-2-12-1-3-15-13(9-12)5-6-18-15/h1,3,5-6,9,14,18H,2,4,7-8,10-11H2,(H,21,22)/t14-/m0/s1. The maximum Gasteiger partial charge on any atom is 0.305 e. The minimum absolute atomic E-state index is 0.00582. The fraction of sp³-hybridized carbons (Fsp3) is 0.412. The average molecular weight is 316 g/mol. The summed E-state index contributed by atoms with van der Waals surface area (Å²) in [4.78, 5) is 28.2. The molecule has 0 spiro atoms. The predicted octanol–water partition coefficient (Wildman–Crippen LogP) is 1.80. The van der Waals surface area contributed by atoms with E-state index in [1.165, 1.54) is 0 Å². The number of carboxylic acids is 1. The van der Waals surface area contributed by atoms with Gasteiger partial charge in [-0.15, -0.1) is 0 Å². The minimum Gasteiger partial charge on any atom is -0.481 e. The van der Waals surface area contributed by atoms with Crippen LogP contribution in [0.1, 0.15) is 18.4 Å². The average Bonchev–Trinajstić information content (AvgIpc) is 3.00. The number of morpholine rings is 1. The molecule has 1 fully saturated rings. The highest BCUT2D eigenvalue weighted by Crippen LogP contribution is 2.17. The third-order valence-corrected chi connectivity index (χ3v) is 4.20. The lowest BCUT2D eigenvalue weighted by Crippen LogP contribution is -2.49. The van der Waals surface area contributed by atoms with Crippen LogP contribution in [0, 0.1) is 0 Å². The molecule has 2 N–H and O–H groups in total. The molecule has 23 heavy (non-hydrogen) atoms. The number of nitrogens with one attached hydrogen (secondary N) is 1. The molecule has 0 unspecified atom stereocenters. The number of aromatic nitrogens is 1. The summed E-state index contributed by atoms with van der Waals surface area (Å²) in [5, 5.41) is 10.1. The van der Waals surface area contributed by atoms with Gasteiger partial charge in [0.05, 0.1) is 25.7 Å². The van der Waals surface area contributed by atoms with E-state index in [2.05, 4.69) is 11.1 Å². The highest BCUT2D eigenvalue weighted by molar-refractivity contribution is 5.81. The van der Waals surface area contributed by atoms with Gasteiger partial charge in [0, 0.05) is 24.7 Å². The van der Waals surface area contributed by atoms with Crippen LogP contribution >= 0.6 is 0 Å². The first-order valence-corrected chi connectivity index (χ1v) is 7.78. The molecule has 1 aromatic heterocycles. The van der Waals surface area contributed by atoms with Gasteiger partial charge in [-0.3, -0.25) is 9.59 Å². The fourth-order valence-corrected chi connectivity index (χ4v) is 3.01. The Hall–Kier alpha value is -2.34. The van der Waals surface area contributed by atoms with Crippen LogP contribution in [0.15, 0.2) is 30.5 Å². The maximum atomic E-state index is 12.4. The Balaban J connectivity index is 1.61. The number of fused-ring (bicyclic) bond motifs is 1. The maximum absolute atomic E-state index is 12.4. The fourth-order valence-electron chi connectivity index (χ4n) is 3.01. The van der Waals surface area contributed by atoms with Gasteiger partial charge in [-0.2, -0.15) is 0 Å². The summed E-state index contributed by atoms with van der Waals surface area (Å²) in [6.45, 7) is 1.23. The third-order valence-electron chi connectivity index (χ3n) is 4.20. The van der Waals surface area contributed by atoms with Gasteiger partial charge in [0.15, 0.2) is 0 Å². The first kappa shape index (κ1) is 15.6. The van der Waals surface area contributed by atoms with Gasteiger partial charge in [-0.05, 0) is 35.6 Å². The molecular weight excluding hydrogens is 296 g/mol. The third kappa shape index (κ3) is 3.71. The van der Waals surface area contributed by atoms with E-state index >= 15 is 0 Å². The predicted molar refractivity (Wildman–Crippen MR) is 85.2 cm³/mol. The van der Waals surface area contributed by atoms with Crippen LogP contribution < -0.4 is 0 Å². The number of amides is 1. The number of hydrogen-bond acceptors (Lipinski definition) is 3. The molecule has 2 aromatic rings. The number of aryl methyl sites for hydroxylation is 1. The van der Waals surface area contributed by atoms with Crippen molar-refractivity contribution in [3.8, 4) is 0 Å². The summed E-state index contributed by atoms with van der Waals surface area (Å²) in [6, 6.07) is 7.75.